The van der Waals surface area contributed by atoms with Gasteiger partial charge in [-0.2, -0.15) is 0 Å². The van der Waals surface area contributed by atoms with E-state index in [2.05, 4.69) is 10.3 Å². The molecule has 0 aliphatic carbocycles. The molecule has 5 nitrogen and oxygen atoms in total. The molecule has 3 aromatic rings. The Morgan fingerprint density at radius 2 is 1.93 bits per heavy atom. The first-order chi connectivity index (χ1) is 13.0. The fourth-order valence-corrected chi connectivity index (χ4v) is 3.52. The molecule has 1 N–H and O–H groups in total. The van der Waals surface area contributed by atoms with Gasteiger partial charge in [0.1, 0.15) is 0 Å². The predicted molar refractivity (Wildman–Crippen MR) is 109 cm³/mol. The second kappa shape index (κ2) is 9.08. The van der Waals surface area contributed by atoms with Gasteiger partial charge in [0.25, 0.3) is 5.91 Å². The van der Waals surface area contributed by atoms with Crippen LogP contribution in [0.25, 0.3) is 0 Å². The van der Waals surface area contributed by atoms with E-state index in [1.807, 2.05) is 24.3 Å². The van der Waals surface area contributed by atoms with Crippen LogP contribution in [0.3, 0.4) is 0 Å². The molecular weight excluding hydrogens is 407 g/mol. The van der Waals surface area contributed by atoms with Crippen LogP contribution >= 0.6 is 34.5 Å². The molecule has 0 radical (unpaired) electrons. The van der Waals surface area contributed by atoms with Crippen LogP contribution in [-0.4, -0.2) is 24.6 Å². The summed E-state index contributed by atoms with van der Waals surface area (Å²) in [6.45, 7) is -0.137. The Bertz CT molecular complexity index is 946. The summed E-state index contributed by atoms with van der Waals surface area (Å²) in [5.74, 6) is 0.786. The van der Waals surface area contributed by atoms with Crippen molar-refractivity contribution in [1.29, 1.82) is 0 Å². The number of benzene rings is 2. The third-order valence-corrected chi connectivity index (χ3v) is 5.24. The summed E-state index contributed by atoms with van der Waals surface area (Å²) in [4.78, 5) is 17.3. The number of thiazole rings is 1. The van der Waals surface area contributed by atoms with E-state index in [1.54, 1.807) is 31.5 Å². The fraction of sp³-hybridized carbons (Fsp3) is 0.158. The molecule has 0 bridgehead atoms. The van der Waals surface area contributed by atoms with Crippen molar-refractivity contribution in [3.05, 3.63) is 69.1 Å². The van der Waals surface area contributed by atoms with Crippen molar-refractivity contribution >= 4 is 45.6 Å². The van der Waals surface area contributed by atoms with E-state index in [1.165, 1.54) is 11.3 Å². The van der Waals surface area contributed by atoms with Crippen LogP contribution in [0.4, 0.5) is 5.13 Å². The van der Waals surface area contributed by atoms with Crippen LogP contribution in [0.15, 0.2) is 48.7 Å². The molecule has 1 amide bonds. The highest BCUT2D eigenvalue weighted by molar-refractivity contribution is 7.15. The maximum Gasteiger partial charge on any atom is 0.264 e. The number of aromatic nitrogens is 1. The number of amides is 1. The van der Waals surface area contributed by atoms with E-state index in [0.717, 1.165) is 10.4 Å². The van der Waals surface area contributed by atoms with Crippen molar-refractivity contribution in [1.82, 2.24) is 4.98 Å². The zero-order valence-corrected chi connectivity index (χ0v) is 16.7. The molecule has 0 spiro atoms. The van der Waals surface area contributed by atoms with Gasteiger partial charge < -0.3 is 9.47 Å². The molecule has 0 saturated carbocycles. The summed E-state index contributed by atoms with van der Waals surface area (Å²) in [5, 5.41) is 4.28. The number of nitrogens with zero attached hydrogens (tertiary/aromatic N) is 1. The number of hydrogen-bond acceptors (Lipinski definition) is 5. The third kappa shape index (κ3) is 5.35. The molecule has 0 aliphatic heterocycles. The van der Waals surface area contributed by atoms with Crippen molar-refractivity contribution in [3.8, 4) is 11.5 Å². The minimum absolute atomic E-state index is 0.137. The largest absolute Gasteiger partial charge is 0.493 e. The average molecular weight is 423 g/mol. The van der Waals surface area contributed by atoms with E-state index in [-0.39, 0.29) is 12.5 Å². The van der Waals surface area contributed by atoms with Crippen LogP contribution in [0.5, 0.6) is 11.5 Å². The number of halogens is 2. The minimum Gasteiger partial charge on any atom is -0.493 e. The summed E-state index contributed by atoms with van der Waals surface area (Å²) in [6.07, 6.45) is 2.38. The van der Waals surface area contributed by atoms with Crippen molar-refractivity contribution in [3.63, 3.8) is 0 Å². The molecule has 27 heavy (non-hydrogen) atoms. The lowest BCUT2D eigenvalue weighted by Gasteiger charge is -2.09. The zero-order chi connectivity index (χ0) is 19.2. The lowest BCUT2D eigenvalue weighted by Crippen LogP contribution is -2.20. The van der Waals surface area contributed by atoms with E-state index < -0.39 is 0 Å². The zero-order valence-electron chi connectivity index (χ0n) is 14.4. The molecule has 3 rings (SSSR count). The molecule has 0 saturated heterocycles. The van der Waals surface area contributed by atoms with Crippen LogP contribution in [0.1, 0.15) is 10.4 Å². The SMILES string of the molecule is COc1ccccc1OCC(=O)Nc1ncc(Cc2ccc(Cl)c(Cl)c2)s1. The Hall–Kier alpha value is -2.28. The molecule has 0 unspecified atom stereocenters. The van der Waals surface area contributed by atoms with Gasteiger partial charge in [0.2, 0.25) is 0 Å². The van der Waals surface area contributed by atoms with Gasteiger partial charge in [0, 0.05) is 17.5 Å². The molecule has 1 heterocycles. The molecule has 1 aromatic heterocycles. The maximum absolute atomic E-state index is 12.1. The van der Waals surface area contributed by atoms with Crippen LogP contribution in [0, 0.1) is 0 Å². The highest BCUT2D eigenvalue weighted by atomic mass is 35.5. The number of methoxy groups -OCH3 is 1. The van der Waals surface area contributed by atoms with E-state index in [4.69, 9.17) is 32.7 Å². The Morgan fingerprint density at radius 1 is 1.15 bits per heavy atom. The molecule has 0 atom stereocenters. The molecular formula is C19H16Cl2N2O3S. The summed E-state index contributed by atoms with van der Waals surface area (Å²) in [6, 6.07) is 12.6. The first-order valence-corrected chi connectivity index (χ1v) is 9.56. The Morgan fingerprint density at radius 3 is 2.67 bits per heavy atom. The first kappa shape index (κ1) is 19.5. The van der Waals surface area contributed by atoms with Crippen molar-refractivity contribution in [2.45, 2.75) is 6.42 Å². The number of para-hydroxylation sites is 2. The first-order valence-electron chi connectivity index (χ1n) is 7.99. The molecule has 2 aromatic carbocycles. The number of rotatable bonds is 7. The van der Waals surface area contributed by atoms with Gasteiger partial charge in [-0.25, -0.2) is 4.98 Å². The minimum atomic E-state index is -0.295. The topological polar surface area (TPSA) is 60.5 Å². The second-order valence-corrected chi connectivity index (χ2v) is 7.47. The van der Waals surface area contributed by atoms with Gasteiger partial charge in [-0.3, -0.25) is 10.1 Å². The van der Waals surface area contributed by atoms with Crippen LogP contribution < -0.4 is 14.8 Å². The number of hydrogen-bond donors (Lipinski definition) is 1. The standard InChI is InChI=1S/C19H16Cl2N2O3S/c1-25-16-4-2-3-5-17(16)26-11-18(24)23-19-22-10-13(27-19)8-12-6-7-14(20)15(21)9-12/h2-7,9-10H,8,11H2,1H3,(H,22,23,24). The predicted octanol–water partition coefficient (Wildman–Crippen LogP) is 5.07. The Kier molecular flexibility index (Phi) is 6.55. The van der Waals surface area contributed by atoms with Crippen molar-refractivity contribution < 1.29 is 14.3 Å². The Balaban J connectivity index is 1.55. The number of ether oxygens (including phenoxy) is 2. The third-order valence-electron chi connectivity index (χ3n) is 3.59. The van der Waals surface area contributed by atoms with Crippen LogP contribution in [0.2, 0.25) is 10.0 Å². The number of anilines is 1. The van der Waals surface area contributed by atoms with Crippen LogP contribution in [-0.2, 0) is 11.2 Å². The van der Waals surface area contributed by atoms with Gasteiger partial charge in [-0.05, 0) is 29.8 Å². The average Bonchev–Trinajstić information content (AvgIpc) is 3.10. The van der Waals surface area contributed by atoms with Gasteiger partial charge >= 0.3 is 0 Å². The molecule has 0 aliphatic rings. The number of carbonyl (C=O) groups is 1. The molecule has 140 valence electrons. The fourth-order valence-electron chi connectivity index (χ4n) is 2.33. The van der Waals surface area contributed by atoms with Gasteiger partial charge in [0.15, 0.2) is 23.2 Å². The van der Waals surface area contributed by atoms with Crippen molar-refractivity contribution in [2.24, 2.45) is 0 Å². The smallest absolute Gasteiger partial charge is 0.264 e. The van der Waals surface area contributed by atoms with E-state index in [0.29, 0.717) is 33.1 Å². The van der Waals surface area contributed by atoms with Gasteiger partial charge in [0.05, 0.1) is 17.2 Å². The second-order valence-electron chi connectivity index (χ2n) is 5.54. The highest BCUT2D eigenvalue weighted by Gasteiger charge is 2.10. The molecule has 8 heteroatoms. The number of carbonyl (C=O) groups excluding carboxylic acids is 1. The van der Waals surface area contributed by atoms with Gasteiger partial charge in [-0.15, -0.1) is 11.3 Å². The Labute approximate surface area is 170 Å². The number of nitrogens with one attached hydrogen (secondary N) is 1. The maximum atomic E-state index is 12.1. The van der Waals surface area contributed by atoms with E-state index in [9.17, 15) is 4.79 Å². The lowest BCUT2D eigenvalue weighted by molar-refractivity contribution is -0.118. The summed E-state index contributed by atoms with van der Waals surface area (Å²) >= 11 is 13.4. The molecule has 0 fully saturated rings. The lowest BCUT2D eigenvalue weighted by atomic mass is 10.1. The normalized spacial score (nSPS) is 10.5. The van der Waals surface area contributed by atoms with Crippen molar-refractivity contribution in [2.75, 3.05) is 19.0 Å². The summed E-state index contributed by atoms with van der Waals surface area (Å²) < 4.78 is 10.7. The van der Waals surface area contributed by atoms with Gasteiger partial charge in [-0.1, -0.05) is 41.4 Å². The monoisotopic (exact) mass is 422 g/mol. The summed E-state index contributed by atoms with van der Waals surface area (Å²) in [5.41, 5.74) is 1.02. The quantitative estimate of drug-likeness (QED) is 0.577. The van der Waals surface area contributed by atoms with E-state index >= 15 is 0 Å². The highest BCUT2D eigenvalue weighted by Crippen LogP contribution is 2.27. The summed E-state index contributed by atoms with van der Waals surface area (Å²) in [7, 11) is 1.55.